The number of rotatable bonds is 5. The fraction of sp³-hybridized carbons (Fsp3) is 0.333. The van der Waals surface area contributed by atoms with E-state index in [4.69, 9.17) is 5.73 Å². The zero-order valence-electron chi connectivity index (χ0n) is 11.8. The molecule has 2 aromatic rings. The quantitative estimate of drug-likeness (QED) is 0.861. The SMILES string of the molecule is CC(C)(N)C(=O)NCc1cccc(Cn2cccn2)c1. The summed E-state index contributed by atoms with van der Waals surface area (Å²) in [7, 11) is 0. The fourth-order valence-corrected chi connectivity index (χ4v) is 1.83. The van der Waals surface area contributed by atoms with E-state index in [0.29, 0.717) is 6.54 Å². The van der Waals surface area contributed by atoms with Crippen molar-refractivity contribution in [3.63, 3.8) is 0 Å². The molecular weight excluding hydrogens is 252 g/mol. The first-order valence-electron chi connectivity index (χ1n) is 6.57. The van der Waals surface area contributed by atoms with Gasteiger partial charge in [-0.05, 0) is 31.0 Å². The Morgan fingerprint density at radius 1 is 1.35 bits per heavy atom. The molecule has 0 bridgehead atoms. The lowest BCUT2D eigenvalue weighted by Crippen LogP contribution is -2.48. The summed E-state index contributed by atoms with van der Waals surface area (Å²) < 4.78 is 1.86. The van der Waals surface area contributed by atoms with Gasteiger partial charge in [-0.15, -0.1) is 0 Å². The van der Waals surface area contributed by atoms with Gasteiger partial charge in [0.15, 0.2) is 0 Å². The van der Waals surface area contributed by atoms with Crippen LogP contribution in [0.25, 0.3) is 0 Å². The zero-order chi connectivity index (χ0) is 14.6. The highest BCUT2D eigenvalue weighted by molar-refractivity contribution is 5.84. The van der Waals surface area contributed by atoms with Crippen molar-refractivity contribution >= 4 is 5.91 Å². The van der Waals surface area contributed by atoms with E-state index in [2.05, 4.69) is 16.5 Å². The molecule has 0 fully saturated rings. The highest BCUT2D eigenvalue weighted by atomic mass is 16.2. The lowest BCUT2D eigenvalue weighted by Gasteiger charge is -2.17. The second-order valence-electron chi connectivity index (χ2n) is 5.43. The summed E-state index contributed by atoms with van der Waals surface area (Å²) in [5.41, 5.74) is 7.08. The standard InChI is InChI=1S/C15H20N4O/c1-15(2,16)14(20)17-10-12-5-3-6-13(9-12)11-19-8-4-7-18-19/h3-9H,10-11,16H2,1-2H3,(H,17,20). The first kappa shape index (κ1) is 14.3. The number of nitrogens with one attached hydrogen (secondary N) is 1. The third-order valence-corrected chi connectivity index (χ3v) is 2.93. The number of nitrogens with two attached hydrogens (primary N) is 1. The molecule has 3 N–H and O–H groups in total. The molecule has 1 aromatic carbocycles. The molecule has 106 valence electrons. The van der Waals surface area contributed by atoms with Gasteiger partial charge >= 0.3 is 0 Å². The Bertz CT molecular complexity index is 570. The zero-order valence-corrected chi connectivity index (χ0v) is 11.8. The molecule has 1 amide bonds. The molecule has 20 heavy (non-hydrogen) atoms. The average Bonchev–Trinajstić information content (AvgIpc) is 2.88. The fourth-order valence-electron chi connectivity index (χ4n) is 1.83. The number of benzene rings is 1. The third kappa shape index (κ3) is 3.93. The minimum atomic E-state index is -0.854. The van der Waals surface area contributed by atoms with E-state index in [1.807, 2.05) is 35.1 Å². The molecule has 0 unspecified atom stereocenters. The van der Waals surface area contributed by atoms with Crippen LogP contribution in [0.2, 0.25) is 0 Å². The molecule has 0 aliphatic heterocycles. The minimum Gasteiger partial charge on any atom is -0.350 e. The van der Waals surface area contributed by atoms with Crippen LogP contribution in [0.1, 0.15) is 25.0 Å². The summed E-state index contributed by atoms with van der Waals surface area (Å²) in [6.07, 6.45) is 3.68. The first-order valence-corrected chi connectivity index (χ1v) is 6.57. The van der Waals surface area contributed by atoms with Gasteiger partial charge in [-0.25, -0.2) is 0 Å². The first-order chi connectivity index (χ1) is 9.45. The highest BCUT2D eigenvalue weighted by Gasteiger charge is 2.20. The van der Waals surface area contributed by atoms with Crippen LogP contribution in [-0.4, -0.2) is 21.2 Å². The van der Waals surface area contributed by atoms with Gasteiger partial charge in [0.2, 0.25) is 5.91 Å². The van der Waals surface area contributed by atoms with Crippen LogP contribution in [-0.2, 0) is 17.9 Å². The molecular formula is C15H20N4O. The number of carbonyl (C=O) groups is 1. The summed E-state index contributed by atoms with van der Waals surface area (Å²) in [4.78, 5) is 11.7. The lowest BCUT2D eigenvalue weighted by atomic mass is 10.1. The van der Waals surface area contributed by atoms with Crippen LogP contribution in [0.3, 0.4) is 0 Å². The molecule has 1 heterocycles. The van der Waals surface area contributed by atoms with Gasteiger partial charge in [-0.2, -0.15) is 5.10 Å². The second-order valence-corrected chi connectivity index (χ2v) is 5.43. The topological polar surface area (TPSA) is 72.9 Å². The molecule has 0 saturated carbocycles. The van der Waals surface area contributed by atoms with Crippen molar-refractivity contribution < 1.29 is 4.79 Å². The van der Waals surface area contributed by atoms with Gasteiger partial charge in [0, 0.05) is 18.9 Å². The number of hydrogen-bond donors (Lipinski definition) is 2. The van der Waals surface area contributed by atoms with Gasteiger partial charge in [0.25, 0.3) is 0 Å². The number of nitrogens with zero attached hydrogens (tertiary/aromatic N) is 2. The summed E-state index contributed by atoms with van der Waals surface area (Å²) in [5.74, 6) is -0.157. The number of hydrogen-bond acceptors (Lipinski definition) is 3. The molecule has 0 aliphatic rings. The maximum atomic E-state index is 11.7. The maximum Gasteiger partial charge on any atom is 0.239 e. The van der Waals surface area contributed by atoms with E-state index >= 15 is 0 Å². The van der Waals surface area contributed by atoms with E-state index in [9.17, 15) is 4.79 Å². The van der Waals surface area contributed by atoms with E-state index < -0.39 is 5.54 Å². The second kappa shape index (κ2) is 5.88. The molecule has 0 aliphatic carbocycles. The smallest absolute Gasteiger partial charge is 0.239 e. The normalized spacial score (nSPS) is 11.3. The van der Waals surface area contributed by atoms with Gasteiger partial charge in [-0.3, -0.25) is 9.48 Å². The summed E-state index contributed by atoms with van der Waals surface area (Å²) in [6.45, 7) is 4.58. The van der Waals surface area contributed by atoms with Crippen molar-refractivity contribution in [1.82, 2.24) is 15.1 Å². The molecule has 5 nitrogen and oxygen atoms in total. The van der Waals surface area contributed by atoms with E-state index in [0.717, 1.165) is 17.7 Å². The molecule has 2 rings (SSSR count). The lowest BCUT2D eigenvalue weighted by molar-refractivity contribution is -0.125. The number of carbonyl (C=O) groups excluding carboxylic acids is 1. The van der Waals surface area contributed by atoms with Crippen LogP contribution >= 0.6 is 0 Å². The van der Waals surface area contributed by atoms with Crippen LogP contribution < -0.4 is 11.1 Å². The Balaban J connectivity index is 1.98. The Morgan fingerprint density at radius 3 is 2.75 bits per heavy atom. The van der Waals surface area contributed by atoms with Gasteiger partial charge in [0.1, 0.15) is 0 Å². The van der Waals surface area contributed by atoms with Crippen LogP contribution in [0.5, 0.6) is 0 Å². The summed E-state index contributed by atoms with van der Waals surface area (Å²) in [5, 5.41) is 7.02. The Morgan fingerprint density at radius 2 is 2.10 bits per heavy atom. The van der Waals surface area contributed by atoms with Gasteiger partial charge < -0.3 is 11.1 Å². The van der Waals surface area contributed by atoms with Gasteiger partial charge in [-0.1, -0.05) is 24.3 Å². The minimum absolute atomic E-state index is 0.157. The van der Waals surface area contributed by atoms with Crippen molar-refractivity contribution in [1.29, 1.82) is 0 Å². The molecule has 0 spiro atoms. The largest absolute Gasteiger partial charge is 0.350 e. The molecule has 0 saturated heterocycles. The van der Waals surface area contributed by atoms with Crippen molar-refractivity contribution in [3.8, 4) is 0 Å². The predicted molar refractivity (Wildman–Crippen MR) is 77.9 cm³/mol. The Labute approximate surface area is 118 Å². The van der Waals surface area contributed by atoms with E-state index in [1.54, 1.807) is 20.0 Å². The monoisotopic (exact) mass is 272 g/mol. The summed E-state index contributed by atoms with van der Waals surface area (Å²) >= 11 is 0. The third-order valence-electron chi connectivity index (χ3n) is 2.93. The van der Waals surface area contributed by atoms with Crippen molar-refractivity contribution in [2.75, 3.05) is 0 Å². The molecule has 0 atom stereocenters. The van der Waals surface area contributed by atoms with E-state index in [1.165, 1.54) is 0 Å². The van der Waals surface area contributed by atoms with Crippen molar-refractivity contribution in [3.05, 3.63) is 53.9 Å². The van der Waals surface area contributed by atoms with E-state index in [-0.39, 0.29) is 5.91 Å². The Hall–Kier alpha value is -2.14. The highest BCUT2D eigenvalue weighted by Crippen LogP contribution is 2.07. The number of aromatic nitrogens is 2. The van der Waals surface area contributed by atoms with Gasteiger partial charge in [0.05, 0.1) is 12.1 Å². The average molecular weight is 272 g/mol. The number of amides is 1. The van der Waals surface area contributed by atoms with Crippen LogP contribution in [0, 0.1) is 0 Å². The molecule has 5 heteroatoms. The van der Waals surface area contributed by atoms with Crippen LogP contribution in [0.4, 0.5) is 0 Å². The van der Waals surface area contributed by atoms with Crippen molar-refractivity contribution in [2.45, 2.75) is 32.5 Å². The molecule has 1 aromatic heterocycles. The summed E-state index contributed by atoms with van der Waals surface area (Å²) in [6, 6.07) is 9.96. The van der Waals surface area contributed by atoms with Crippen LogP contribution in [0.15, 0.2) is 42.7 Å². The maximum absolute atomic E-state index is 11.7. The predicted octanol–water partition coefficient (Wildman–Crippen LogP) is 1.28. The Kier molecular flexibility index (Phi) is 4.20. The molecule has 0 radical (unpaired) electrons. The van der Waals surface area contributed by atoms with Crippen molar-refractivity contribution in [2.24, 2.45) is 5.73 Å².